The molecular formula is C29H42O18S6. The van der Waals surface area contributed by atoms with E-state index >= 15 is 0 Å². The van der Waals surface area contributed by atoms with E-state index in [0.717, 1.165) is 0 Å². The maximum Gasteiger partial charge on any atom is 0.309 e. The first-order chi connectivity index (χ1) is 24.1. The summed E-state index contributed by atoms with van der Waals surface area (Å²) in [4.78, 5) is 38.9. The largest absolute Gasteiger partial charge is 0.460 e. The summed E-state index contributed by atoms with van der Waals surface area (Å²) in [5, 5.41) is 2.95. The quantitative estimate of drug-likeness (QED) is 0.0752. The normalized spacial score (nSPS) is 12.9. The first-order valence-corrected chi connectivity index (χ1v) is 25.1. The van der Waals surface area contributed by atoms with Gasteiger partial charge in [-0.25, -0.2) is 50.5 Å². The van der Waals surface area contributed by atoms with Gasteiger partial charge in [-0.15, -0.1) is 0 Å². The van der Waals surface area contributed by atoms with Gasteiger partial charge in [0.25, 0.3) is 0 Å². The predicted octanol–water partition coefficient (Wildman–Crippen LogP) is 0.248. The van der Waals surface area contributed by atoms with Crippen molar-refractivity contribution in [1.29, 1.82) is 0 Å². The van der Waals surface area contributed by atoms with E-state index in [1.54, 1.807) is 0 Å². The number of esters is 3. The third-order valence-electron chi connectivity index (χ3n) is 6.64. The molecule has 0 aromatic heterocycles. The topological polar surface area (TPSA) is 284 Å². The van der Waals surface area contributed by atoms with Crippen molar-refractivity contribution in [2.45, 2.75) is 44.0 Å². The molecule has 0 rings (SSSR count). The summed E-state index contributed by atoms with van der Waals surface area (Å²) in [6, 6.07) is 0. The highest BCUT2D eigenvalue weighted by Crippen LogP contribution is 2.21. The van der Waals surface area contributed by atoms with Crippen LogP contribution in [0.1, 0.15) is 25.7 Å². The summed E-state index contributed by atoms with van der Waals surface area (Å²) in [5.74, 6) is -11.6. The molecule has 0 aliphatic rings. The summed E-state index contributed by atoms with van der Waals surface area (Å²) < 4.78 is 161. The Labute approximate surface area is 310 Å². The molecule has 53 heavy (non-hydrogen) atoms. The van der Waals surface area contributed by atoms with E-state index < -0.39 is 161 Å². The highest BCUT2D eigenvalue weighted by Gasteiger charge is 2.32. The zero-order valence-electron chi connectivity index (χ0n) is 28.4. The van der Waals surface area contributed by atoms with Gasteiger partial charge in [0.15, 0.2) is 59.0 Å². The van der Waals surface area contributed by atoms with Gasteiger partial charge >= 0.3 is 17.9 Å². The summed E-state index contributed by atoms with van der Waals surface area (Å²) in [6.07, 6.45) is -8.23. The smallest absolute Gasteiger partial charge is 0.309 e. The summed E-state index contributed by atoms with van der Waals surface area (Å²) >= 11 is 0. The third-order valence-corrected chi connectivity index (χ3v) is 14.7. The molecule has 0 bridgehead atoms. The molecule has 24 heteroatoms. The SMILES string of the molecule is C=CS(=O)(=O)CC(CS(=O)(=O)C=C)OC(=O)CCC(CCC(=O)OC(CS(=O)(=O)C=C)CS(=O)(=O)C=C)C(=O)OC(CS(=O)(=O)C=C)CS(=O)(=O)C=C. The van der Waals surface area contributed by atoms with Crippen LogP contribution in [0.2, 0.25) is 0 Å². The molecule has 0 amide bonds. The van der Waals surface area contributed by atoms with E-state index in [-0.39, 0.29) is 0 Å². The molecule has 0 aromatic rings. The number of carbonyl (C=O) groups excluding carboxylic acids is 3. The Morgan fingerprint density at radius 3 is 0.811 bits per heavy atom. The van der Waals surface area contributed by atoms with Crippen molar-refractivity contribution in [3.05, 3.63) is 71.9 Å². The average Bonchev–Trinajstić information content (AvgIpc) is 3.03. The zero-order chi connectivity index (χ0) is 41.5. The molecule has 0 saturated carbocycles. The Hall–Kier alpha value is -3.45. The number of sulfone groups is 6. The fraction of sp³-hybridized carbons (Fsp3) is 0.483. The molecule has 0 fully saturated rings. The van der Waals surface area contributed by atoms with E-state index in [1.807, 2.05) is 0 Å². The molecule has 0 aromatic carbocycles. The first kappa shape index (κ1) is 49.6. The van der Waals surface area contributed by atoms with E-state index in [0.29, 0.717) is 32.4 Å². The number of ether oxygens (including phenoxy) is 3. The molecule has 0 radical (unpaired) electrons. The van der Waals surface area contributed by atoms with Gasteiger partial charge in [0, 0.05) is 45.3 Å². The van der Waals surface area contributed by atoms with Gasteiger partial charge in [-0.05, 0) is 12.8 Å². The van der Waals surface area contributed by atoms with Gasteiger partial charge in [-0.3, -0.25) is 14.4 Å². The van der Waals surface area contributed by atoms with E-state index in [9.17, 15) is 64.9 Å². The van der Waals surface area contributed by atoms with Crippen LogP contribution >= 0.6 is 0 Å². The van der Waals surface area contributed by atoms with Crippen molar-refractivity contribution in [2.75, 3.05) is 34.5 Å². The third kappa shape index (κ3) is 21.1. The molecular weight excluding hydrogens is 829 g/mol. The Balaban J connectivity index is 6.49. The first-order valence-electron chi connectivity index (χ1n) is 14.8. The second-order valence-electron chi connectivity index (χ2n) is 11.0. The standard InChI is InChI=1S/C29H42O18S6/c1-7-48(33,34)17-24(18-49(35,36)8-2)45-27(30)15-13-23(29(32)47-26(21-52(41,42)11-5)22-53(43,44)12-6)14-16-28(31)46-25(19-50(37,38)9-3)20-51(39,40)10-4/h7-12,23-26H,1-6,13-22H2. The molecule has 0 spiro atoms. The number of rotatable bonds is 28. The number of carbonyl (C=O) groups is 3. The maximum absolute atomic E-state index is 13.3. The van der Waals surface area contributed by atoms with Gasteiger partial charge < -0.3 is 14.2 Å². The minimum absolute atomic E-state index is 0.475. The molecule has 0 saturated heterocycles. The van der Waals surface area contributed by atoms with Crippen molar-refractivity contribution >= 4 is 76.9 Å². The molecule has 18 nitrogen and oxygen atoms in total. The molecule has 0 heterocycles. The van der Waals surface area contributed by atoms with Crippen LogP contribution in [0.3, 0.4) is 0 Å². The lowest BCUT2D eigenvalue weighted by molar-refractivity contribution is -0.154. The summed E-state index contributed by atoms with van der Waals surface area (Å²) in [7, 11) is -24.9. The Bertz CT molecular complexity index is 1860. The van der Waals surface area contributed by atoms with Crippen LogP contribution in [0.5, 0.6) is 0 Å². The van der Waals surface area contributed by atoms with Crippen molar-refractivity contribution in [3.63, 3.8) is 0 Å². The lowest BCUT2D eigenvalue weighted by Crippen LogP contribution is -2.35. The van der Waals surface area contributed by atoms with Crippen LogP contribution in [0.25, 0.3) is 0 Å². The minimum Gasteiger partial charge on any atom is -0.460 e. The Kier molecular flexibility index (Phi) is 19.5. The molecule has 0 N–H and O–H groups in total. The van der Waals surface area contributed by atoms with Crippen LogP contribution in [0.4, 0.5) is 0 Å². The Morgan fingerprint density at radius 2 is 0.604 bits per heavy atom. The molecule has 0 unspecified atom stereocenters. The van der Waals surface area contributed by atoms with E-state index in [1.165, 1.54) is 0 Å². The van der Waals surface area contributed by atoms with Crippen LogP contribution in [0, 0.1) is 5.92 Å². The monoisotopic (exact) mass is 870 g/mol. The lowest BCUT2D eigenvalue weighted by Gasteiger charge is -2.22. The Morgan fingerprint density at radius 1 is 0.396 bits per heavy atom. The predicted molar refractivity (Wildman–Crippen MR) is 196 cm³/mol. The molecule has 302 valence electrons. The maximum atomic E-state index is 13.3. The van der Waals surface area contributed by atoms with Crippen LogP contribution in [-0.4, -0.2) is 121 Å². The second-order valence-corrected chi connectivity index (χ2v) is 23.0. The fourth-order valence-corrected chi connectivity index (χ4v) is 9.51. The highest BCUT2D eigenvalue weighted by atomic mass is 32.2. The van der Waals surface area contributed by atoms with Gasteiger partial charge in [-0.2, -0.15) is 0 Å². The van der Waals surface area contributed by atoms with Gasteiger partial charge in [0.05, 0.1) is 40.4 Å². The average molecular weight is 871 g/mol. The van der Waals surface area contributed by atoms with Gasteiger partial charge in [0.1, 0.15) is 18.3 Å². The van der Waals surface area contributed by atoms with Crippen molar-refractivity contribution < 1.29 is 79.1 Å². The zero-order valence-corrected chi connectivity index (χ0v) is 33.3. The van der Waals surface area contributed by atoms with Crippen molar-refractivity contribution in [2.24, 2.45) is 5.92 Å². The molecule has 0 aliphatic carbocycles. The lowest BCUT2D eigenvalue weighted by atomic mass is 9.97. The number of hydrogen-bond acceptors (Lipinski definition) is 18. The number of hydrogen-bond donors (Lipinski definition) is 0. The minimum atomic E-state index is -4.20. The fourth-order valence-electron chi connectivity index (χ4n) is 4.03. The van der Waals surface area contributed by atoms with Crippen molar-refractivity contribution in [1.82, 2.24) is 0 Å². The summed E-state index contributed by atoms with van der Waals surface area (Å²) in [5.41, 5.74) is 0. The van der Waals surface area contributed by atoms with Crippen LogP contribution in [0.15, 0.2) is 71.9 Å². The van der Waals surface area contributed by atoms with Crippen LogP contribution < -0.4 is 0 Å². The molecule has 0 aliphatic heterocycles. The summed E-state index contributed by atoms with van der Waals surface area (Å²) in [6.45, 7) is 18.6. The van der Waals surface area contributed by atoms with Crippen molar-refractivity contribution in [3.8, 4) is 0 Å². The second kappa shape index (κ2) is 20.9. The van der Waals surface area contributed by atoms with E-state index in [2.05, 4.69) is 39.5 Å². The van der Waals surface area contributed by atoms with Gasteiger partial charge in [-0.1, -0.05) is 39.5 Å². The van der Waals surface area contributed by atoms with E-state index in [4.69, 9.17) is 14.2 Å². The van der Waals surface area contributed by atoms with Crippen LogP contribution in [-0.2, 0) is 87.6 Å². The van der Waals surface area contributed by atoms with Gasteiger partial charge in [0.2, 0.25) is 0 Å². The molecule has 0 atom stereocenters. The highest BCUT2D eigenvalue weighted by molar-refractivity contribution is 7.96.